The van der Waals surface area contributed by atoms with E-state index in [1.54, 1.807) is 0 Å². The van der Waals surface area contributed by atoms with E-state index in [0.29, 0.717) is 6.42 Å². The van der Waals surface area contributed by atoms with Crippen LogP contribution in [0.4, 0.5) is 0 Å². The van der Waals surface area contributed by atoms with E-state index < -0.39 is 6.10 Å². The standard InChI is InChI=1S/C5H9O/c1-3-5(6)4-2/h3,5-6H,1-2,4H2. The molecule has 0 aliphatic heterocycles. The summed E-state index contributed by atoms with van der Waals surface area (Å²) in [5, 5.41) is 8.49. The Hall–Kier alpha value is -0.300. The van der Waals surface area contributed by atoms with E-state index in [1.165, 1.54) is 6.08 Å². The summed E-state index contributed by atoms with van der Waals surface area (Å²) in [5.41, 5.74) is 0. The average molecular weight is 85.1 g/mol. The Kier molecular flexibility index (Phi) is 2.77. The molecule has 0 saturated carbocycles. The van der Waals surface area contributed by atoms with Crippen LogP contribution in [0.5, 0.6) is 0 Å². The Morgan fingerprint density at radius 2 is 2.33 bits per heavy atom. The van der Waals surface area contributed by atoms with Crippen LogP contribution in [0.3, 0.4) is 0 Å². The summed E-state index contributed by atoms with van der Waals surface area (Å²) in [5.74, 6) is 0. The zero-order valence-electron chi connectivity index (χ0n) is 3.72. The predicted octanol–water partition coefficient (Wildman–Crippen LogP) is 0.757. The fourth-order valence-electron chi connectivity index (χ4n) is 0.118. The summed E-state index contributed by atoms with van der Waals surface area (Å²) in [6.45, 7) is 6.78. The lowest BCUT2D eigenvalue weighted by Gasteiger charge is -1.93. The van der Waals surface area contributed by atoms with Crippen LogP contribution in [0.1, 0.15) is 6.42 Å². The lowest BCUT2D eigenvalue weighted by atomic mass is 10.3. The van der Waals surface area contributed by atoms with E-state index in [1.807, 2.05) is 0 Å². The number of hydrogen-bond acceptors (Lipinski definition) is 1. The van der Waals surface area contributed by atoms with Crippen molar-refractivity contribution in [1.82, 2.24) is 0 Å². The first-order valence-corrected chi connectivity index (χ1v) is 1.91. The van der Waals surface area contributed by atoms with Crippen molar-refractivity contribution in [3.05, 3.63) is 19.6 Å². The Bertz CT molecular complexity index is 41.2. The molecular formula is C5H9O. The van der Waals surface area contributed by atoms with Gasteiger partial charge in [-0.2, -0.15) is 0 Å². The van der Waals surface area contributed by atoms with Gasteiger partial charge in [0.15, 0.2) is 0 Å². The van der Waals surface area contributed by atoms with E-state index in [9.17, 15) is 0 Å². The van der Waals surface area contributed by atoms with E-state index in [-0.39, 0.29) is 0 Å². The van der Waals surface area contributed by atoms with Gasteiger partial charge < -0.3 is 5.11 Å². The highest BCUT2D eigenvalue weighted by atomic mass is 16.3. The summed E-state index contributed by atoms with van der Waals surface area (Å²) >= 11 is 0. The first-order chi connectivity index (χ1) is 2.81. The van der Waals surface area contributed by atoms with Gasteiger partial charge in [-0.3, -0.25) is 0 Å². The van der Waals surface area contributed by atoms with E-state index >= 15 is 0 Å². The van der Waals surface area contributed by atoms with Gasteiger partial charge in [-0.15, -0.1) is 6.58 Å². The van der Waals surface area contributed by atoms with Crippen molar-refractivity contribution in [1.29, 1.82) is 0 Å². The summed E-state index contributed by atoms with van der Waals surface area (Å²) in [6, 6.07) is 0. The second-order valence-electron chi connectivity index (χ2n) is 1.09. The van der Waals surface area contributed by atoms with Crippen molar-refractivity contribution in [2.75, 3.05) is 0 Å². The Morgan fingerprint density at radius 3 is 2.33 bits per heavy atom. The average Bonchev–Trinajstić information content (AvgIpc) is 1.65. The second kappa shape index (κ2) is 2.91. The summed E-state index contributed by atoms with van der Waals surface area (Å²) in [4.78, 5) is 0. The van der Waals surface area contributed by atoms with Gasteiger partial charge in [0.05, 0.1) is 6.10 Å². The third kappa shape index (κ3) is 1.97. The molecule has 35 valence electrons. The fourth-order valence-corrected chi connectivity index (χ4v) is 0.118. The van der Waals surface area contributed by atoms with Gasteiger partial charge in [-0.05, 0) is 6.42 Å². The van der Waals surface area contributed by atoms with Crippen LogP contribution in [0.2, 0.25) is 0 Å². The highest BCUT2D eigenvalue weighted by Gasteiger charge is 1.86. The van der Waals surface area contributed by atoms with Gasteiger partial charge in [0.2, 0.25) is 0 Å². The number of hydrogen-bond donors (Lipinski definition) is 1. The van der Waals surface area contributed by atoms with E-state index in [4.69, 9.17) is 5.11 Å². The zero-order valence-corrected chi connectivity index (χ0v) is 3.72. The van der Waals surface area contributed by atoms with Crippen molar-refractivity contribution in [2.45, 2.75) is 12.5 Å². The van der Waals surface area contributed by atoms with Gasteiger partial charge in [0.25, 0.3) is 0 Å². The summed E-state index contributed by atoms with van der Waals surface area (Å²) < 4.78 is 0. The maximum atomic E-state index is 8.49. The zero-order chi connectivity index (χ0) is 4.99. The van der Waals surface area contributed by atoms with Crippen LogP contribution < -0.4 is 0 Å². The SMILES string of the molecule is [CH2]CC(O)C=C. The molecule has 1 N–H and O–H groups in total. The molecule has 0 aromatic rings. The van der Waals surface area contributed by atoms with Crippen molar-refractivity contribution >= 4 is 0 Å². The molecule has 1 unspecified atom stereocenters. The van der Waals surface area contributed by atoms with Crippen LogP contribution in [0.25, 0.3) is 0 Å². The molecule has 0 aliphatic rings. The molecule has 0 spiro atoms. The normalized spacial score (nSPS) is 13.7. The van der Waals surface area contributed by atoms with Gasteiger partial charge in [-0.25, -0.2) is 0 Å². The molecule has 0 heterocycles. The monoisotopic (exact) mass is 85.1 g/mol. The maximum Gasteiger partial charge on any atom is 0.0718 e. The smallest absolute Gasteiger partial charge is 0.0718 e. The largest absolute Gasteiger partial charge is 0.389 e. The molecule has 1 atom stereocenters. The van der Waals surface area contributed by atoms with Crippen molar-refractivity contribution in [2.24, 2.45) is 0 Å². The molecular weight excluding hydrogens is 76.1 g/mol. The van der Waals surface area contributed by atoms with Crippen LogP contribution in [-0.4, -0.2) is 11.2 Å². The Balaban J connectivity index is 2.96. The van der Waals surface area contributed by atoms with Gasteiger partial charge >= 0.3 is 0 Å². The molecule has 0 rings (SSSR count). The number of aliphatic hydroxyl groups is 1. The number of aliphatic hydroxyl groups excluding tert-OH is 1. The topological polar surface area (TPSA) is 20.2 Å². The molecule has 0 saturated heterocycles. The lowest BCUT2D eigenvalue weighted by molar-refractivity contribution is 0.226. The van der Waals surface area contributed by atoms with Crippen LogP contribution in [0, 0.1) is 6.92 Å². The first-order valence-electron chi connectivity index (χ1n) is 1.91. The molecule has 0 amide bonds. The molecule has 1 heteroatoms. The van der Waals surface area contributed by atoms with Crippen LogP contribution >= 0.6 is 0 Å². The molecule has 1 nitrogen and oxygen atoms in total. The minimum absolute atomic E-state index is 0.412. The summed E-state index contributed by atoms with van der Waals surface area (Å²) in [7, 11) is 0. The Morgan fingerprint density at radius 1 is 1.83 bits per heavy atom. The molecule has 0 bridgehead atoms. The highest BCUT2D eigenvalue weighted by molar-refractivity contribution is 4.77. The van der Waals surface area contributed by atoms with Gasteiger partial charge in [-0.1, -0.05) is 13.0 Å². The van der Waals surface area contributed by atoms with Crippen molar-refractivity contribution in [3.8, 4) is 0 Å². The van der Waals surface area contributed by atoms with Gasteiger partial charge in [0, 0.05) is 0 Å². The minimum atomic E-state index is -0.412. The molecule has 0 fully saturated rings. The van der Waals surface area contributed by atoms with Crippen molar-refractivity contribution in [3.63, 3.8) is 0 Å². The lowest BCUT2D eigenvalue weighted by Crippen LogP contribution is -1.96. The summed E-state index contributed by atoms with van der Waals surface area (Å²) in [6.07, 6.45) is 1.57. The second-order valence-corrected chi connectivity index (χ2v) is 1.09. The number of rotatable bonds is 2. The first kappa shape index (κ1) is 5.70. The predicted molar refractivity (Wildman–Crippen MR) is 26.2 cm³/mol. The van der Waals surface area contributed by atoms with Crippen molar-refractivity contribution < 1.29 is 5.11 Å². The van der Waals surface area contributed by atoms with E-state index in [2.05, 4.69) is 13.5 Å². The fraction of sp³-hybridized carbons (Fsp3) is 0.400. The molecule has 6 heavy (non-hydrogen) atoms. The molecule has 0 aromatic carbocycles. The molecule has 1 radical (unpaired) electrons. The quantitative estimate of drug-likeness (QED) is 0.491. The van der Waals surface area contributed by atoms with Crippen LogP contribution in [-0.2, 0) is 0 Å². The molecule has 0 aliphatic carbocycles. The minimum Gasteiger partial charge on any atom is -0.389 e. The highest BCUT2D eigenvalue weighted by Crippen LogP contribution is 1.85. The molecule has 0 aromatic heterocycles. The third-order valence-corrected chi connectivity index (χ3v) is 0.568. The van der Waals surface area contributed by atoms with Gasteiger partial charge in [0.1, 0.15) is 0 Å². The van der Waals surface area contributed by atoms with Crippen LogP contribution in [0.15, 0.2) is 12.7 Å². The van der Waals surface area contributed by atoms with E-state index in [0.717, 1.165) is 0 Å². The Labute approximate surface area is 38.3 Å². The third-order valence-electron chi connectivity index (χ3n) is 0.568. The maximum absolute atomic E-state index is 8.49.